The molecular formula is C13H28N2. The molecule has 1 heterocycles. The van der Waals surface area contributed by atoms with E-state index >= 15 is 0 Å². The van der Waals surface area contributed by atoms with E-state index in [2.05, 4.69) is 44.8 Å². The van der Waals surface area contributed by atoms with E-state index in [1.165, 1.54) is 32.5 Å². The summed E-state index contributed by atoms with van der Waals surface area (Å²) in [4.78, 5) is 2.63. The van der Waals surface area contributed by atoms with Crippen LogP contribution in [0.2, 0.25) is 0 Å². The van der Waals surface area contributed by atoms with Gasteiger partial charge in [0.05, 0.1) is 0 Å². The molecule has 1 aliphatic heterocycles. The monoisotopic (exact) mass is 212 g/mol. The van der Waals surface area contributed by atoms with Crippen molar-refractivity contribution < 1.29 is 0 Å². The van der Waals surface area contributed by atoms with Crippen LogP contribution in [0, 0.1) is 5.41 Å². The lowest BCUT2D eigenvalue weighted by atomic mass is 9.95. The molecule has 1 rings (SSSR count). The molecule has 15 heavy (non-hydrogen) atoms. The SMILES string of the molecule is CC1CCN(CC(C)(C)C)CCC(C)N1. The number of rotatable bonds is 1. The summed E-state index contributed by atoms with van der Waals surface area (Å²) in [7, 11) is 0. The lowest BCUT2D eigenvalue weighted by molar-refractivity contribution is 0.162. The van der Waals surface area contributed by atoms with Crippen LogP contribution in [0.5, 0.6) is 0 Å². The zero-order valence-corrected chi connectivity index (χ0v) is 11.1. The first-order valence-electron chi connectivity index (χ1n) is 6.35. The Labute approximate surface area is 95.4 Å². The van der Waals surface area contributed by atoms with Crippen LogP contribution in [0.15, 0.2) is 0 Å². The van der Waals surface area contributed by atoms with Gasteiger partial charge in [-0.3, -0.25) is 0 Å². The van der Waals surface area contributed by atoms with Crippen molar-refractivity contribution in [2.45, 2.75) is 59.5 Å². The summed E-state index contributed by atoms with van der Waals surface area (Å²) in [5.41, 5.74) is 0.430. The molecule has 0 spiro atoms. The van der Waals surface area contributed by atoms with Gasteiger partial charge in [0.25, 0.3) is 0 Å². The van der Waals surface area contributed by atoms with E-state index in [0.717, 1.165) is 0 Å². The van der Waals surface area contributed by atoms with Crippen LogP contribution in [0.3, 0.4) is 0 Å². The number of hydrogen-bond acceptors (Lipinski definition) is 2. The van der Waals surface area contributed by atoms with Gasteiger partial charge in [0.1, 0.15) is 0 Å². The summed E-state index contributed by atoms with van der Waals surface area (Å²) in [6.07, 6.45) is 2.56. The van der Waals surface area contributed by atoms with Gasteiger partial charge < -0.3 is 10.2 Å². The average molecular weight is 212 g/mol. The van der Waals surface area contributed by atoms with Gasteiger partial charge >= 0.3 is 0 Å². The molecule has 0 aromatic rings. The van der Waals surface area contributed by atoms with E-state index in [9.17, 15) is 0 Å². The number of nitrogens with one attached hydrogen (secondary N) is 1. The second-order valence-electron chi connectivity index (χ2n) is 6.38. The lowest BCUT2D eigenvalue weighted by Gasteiger charge is -2.34. The van der Waals surface area contributed by atoms with Crippen LogP contribution < -0.4 is 5.32 Å². The van der Waals surface area contributed by atoms with Crippen LogP contribution >= 0.6 is 0 Å². The van der Waals surface area contributed by atoms with Gasteiger partial charge in [-0.2, -0.15) is 0 Å². The van der Waals surface area contributed by atoms with Gasteiger partial charge in [-0.25, -0.2) is 0 Å². The van der Waals surface area contributed by atoms with E-state index in [0.29, 0.717) is 17.5 Å². The fourth-order valence-corrected chi connectivity index (χ4v) is 2.35. The number of hydrogen-bond donors (Lipinski definition) is 1. The highest BCUT2D eigenvalue weighted by molar-refractivity contribution is 4.77. The van der Waals surface area contributed by atoms with E-state index in [1.807, 2.05) is 0 Å². The predicted octanol–water partition coefficient (Wildman–Crippen LogP) is 2.49. The fourth-order valence-electron chi connectivity index (χ4n) is 2.35. The Morgan fingerprint density at radius 1 is 1.07 bits per heavy atom. The molecule has 90 valence electrons. The highest BCUT2D eigenvalue weighted by Gasteiger charge is 2.20. The van der Waals surface area contributed by atoms with Crippen molar-refractivity contribution in [3.05, 3.63) is 0 Å². The molecule has 0 amide bonds. The van der Waals surface area contributed by atoms with Crippen molar-refractivity contribution in [3.63, 3.8) is 0 Å². The van der Waals surface area contributed by atoms with Crippen molar-refractivity contribution >= 4 is 0 Å². The van der Waals surface area contributed by atoms with Gasteiger partial charge in [0, 0.05) is 18.6 Å². The lowest BCUT2D eigenvalue weighted by Crippen LogP contribution is -2.44. The second kappa shape index (κ2) is 5.31. The van der Waals surface area contributed by atoms with E-state index in [1.54, 1.807) is 0 Å². The largest absolute Gasteiger partial charge is 0.312 e. The Morgan fingerprint density at radius 2 is 1.53 bits per heavy atom. The molecule has 1 N–H and O–H groups in total. The van der Waals surface area contributed by atoms with Crippen LogP contribution in [0.1, 0.15) is 47.5 Å². The topological polar surface area (TPSA) is 15.3 Å². The minimum atomic E-state index is 0.430. The summed E-state index contributed by atoms with van der Waals surface area (Å²) in [5, 5.41) is 3.64. The van der Waals surface area contributed by atoms with Crippen molar-refractivity contribution in [2.75, 3.05) is 19.6 Å². The van der Waals surface area contributed by atoms with Gasteiger partial charge in [-0.05, 0) is 45.2 Å². The molecule has 0 radical (unpaired) electrons. The molecule has 1 fully saturated rings. The van der Waals surface area contributed by atoms with Crippen molar-refractivity contribution in [3.8, 4) is 0 Å². The van der Waals surface area contributed by atoms with Crippen LogP contribution in [-0.2, 0) is 0 Å². The summed E-state index contributed by atoms with van der Waals surface area (Å²) in [6.45, 7) is 15.3. The molecule has 1 aliphatic rings. The summed E-state index contributed by atoms with van der Waals surface area (Å²) in [5.74, 6) is 0. The molecule has 0 aliphatic carbocycles. The Balaban J connectivity index is 2.44. The Kier molecular flexibility index (Phi) is 4.60. The van der Waals surface area contributed by atoms with E-state index in [-0.39, 0.29) is 0 Å². The first kappa shape index (κ1) is 13.0. The molecule has 2 nitrogen and oxygen atoms in total. The van der Waals surface area contributed by atoms with E-state index < -0.39 is 0 Å². The maximum absolute atomic E-state index is 3.64. The third-order valence-electron chi connectivity index (χ3n) is 3.02. The molecule has 1 saturated heterocycles. The Morgan fingerprint density at radius 3 is 1.93 bits per heavy atom. The first-order chi connectivity index (χ1) is 6.87. The minimum Gasteiger partial charge on any atom is -0.312 e. The molecule has 2 atom stereocenters. The summed E-state index contributed by atoms with van der Waals surface area (Å²) in [6, 6.07) is 1.34. The average Bonchev–Trinajstić information content (AvgIpc) is 2.05. The highest BCUT2D eigenvalue weighted by atomic mass is 15.1. The quantitative estimate of drug-likeness (QED) is 0.718. The second-order valence-corrected chi connectivity index (χ2v) is 6.38. The fraction of sp³-hybridized carbons (Fsp3) is 1.00. The van der Waals surface area contributed by atoms with Crippen molar-refractivity contribution in [2.24, 2.45) is 5.41 Å². The van der Waals surface area contributed by atoms with Gasteiger partial charge in [0.15, 0.2) is 0 Å². The molecule has 2 unspecified atom stereocenters. The maximum Gasteiger partial charge on any atom is 0.00533 e. The Hall–Kier alpha value is -0.0800. The van der Waals surface area contributed by atoms with Crippen molar-refractivity contribution in [1.29, 1.82) is 0 Å². The van der Waals surface area contributed by atoms with Crippen LogP contribution in [-0.4, -0.2) is 36.6 Å². The zero-order valence-electron chi connectivity index (χ0n) is 11.1. The summed E-state index contributed by atoms with van der Waals surface area (Å²) >= 11 is 0. The minimum absolute atomic E-state index is 0.430. The van der Waals surface area contributed by atoms with Crippen LogP contribution in [0.4, 0.5) is 0 Å². The molecule has 0 aromatic heterocycles. The molecule has 0 saturated carbocycles. The third-order valence-corrected chi connectivity index (χ3v) is 3.02. The third kappa shape index (κ3) is 5.53. The molecular weight excluding hydrogens is 184 g/mol. The summed E-state index contributed by atoms with van der Waals surface area (Å²) < 4.78 is 0. The molecule has 2 heteroatoms. The predicted molar refractivity (Wildman–Crippen MR) is 67.2 cm³/mol. The maximum atomic E-state index is 3.64. The van der Waals surface area contributed by atoms with Crippen molar-refractivity contribution in [1.82, 2.24) is 10.2 Å². The normalized spacial score (nSPS) is 31.0. The van der Waals surface area contributed by atoms with Crippen LogP contribution in [0.25, 0.3) is 0 Å². The Bertz CT molecular complexity index is 171. The van der Waals surface area contributed by atoms with Gasteiger partial charge in [0.2, 0.25) is 0 Å². The smallest absolute Gasteiger partial charge is 0.00533 e. The zero-order chi connectivity index (χ0) is 11.5. The van der Waals surface area contributed by atoms with E-state index in [4.69, 9.17) is 0 Å². The standard InChI is InChI=1S/C13H28N2/c1-11-6-8-15(10-13(3,4)5)9-7-12(2)14-11/h11-12,14H,6-10H2,1-5H3. The first-order valence-corrected chi connectivity index (χ1v) is 6.35. The van der Waals surface area contributed by atoms with Gasteiger partial charge in [-0.15, -0.1) is 0 Å². The molecule has 0 aromatic carbocycles. The number of nitrogens with zero attached hydrogens (tertiary/aromatic N) is 1. The van der Waals surface area contributed by atoms with Gasteiger partial charge in [-0.1, -0.05) is 20.8 Å². The molecule has 0 bridgehead atoms. The highest BCUT2D eigenvalue weighted by Crippen LogP contribution is 2.17.